The smallest absolute Gasteiger partial charge is 0.231 e. The Labute approximate surface area is 114 Å². The van der Waals surface area contributed by atoms with E-state index >= 15 is 0 Å². The lowest BCUT2D eigenvalue weighted by atomic mass is 10.1. The second-order valence-electron chi connectivity index (χ2n) is 3.48. The van der Waals surface area contributed by atoms with Crippen LogP contribution in [0, 0.1) is 0 Å². The van der Waals surface area contributed by atoms with Crippen molar-refractivity contribution in [2.75, 3.05) is 14.2 Å². The number of alkyl halides is 1. The van der Waals surface area contributed by atoms with Gasteiger partial charge in [0, 0.05) is 5.56 Å². The number of benzene rings is 1. The van der Waals surface area contributed by atoms with Gasteiger partial charge in [0.2, 0.25) is 5.22 Å². The Bertz CT molecular complexity index is 554. The predicted molar refractivity (Wildman–Crippen MR) is 69.6 cm³/mol. The van der Waals surface area contributed by atoms with Crippen LogP contribution in [0.1, 0.15) is 5.56 Å². The van der Waals surface area contributed by atoms with Gasteiger partial charge in [0.25, 0.3) is 0 Å². The molecule has 0 spiro atoms. The molecule has 0 aliphatic rings. The Morgan fingerprint density at radius 1 is 1.28 bits per heavy atom. The third kappa shape index (κ3) is 2.26. The van der Waals surface area contributed by atoms with E-state index in [0.717, 1.165) is 5.56 Å². The molecular formula is C12H11Cl2NO3. The molecule has 96 valence electrons. The Kier molecular flexibility index (Phi) is 3.99. The van der Waals surface area contributed by atoms with Gasteiger partial charge < -0.3 is 14.0 Å². The van der Waals surface area contributed by atoms with Gasteiger partial charge in [0.05, 0.1) is 25.7 Å². The highest BCUT2D eigenvalue weighted by Crippen LogP contribution is 2.37. The van der Waals surface area contributed by atoms with Crippen LogP contribution in [0.25, 0.3) is 11.3 Å². The molecule has 0 saturated carbocycles. The number of hydrogen-bond donors (Lipinski definition) is 0. The summed E-state index contributed by atoms with van der Waals surface area (Å²) in [5.41, 5.74) is 1.92. The maximum absolute atomic E-state index is 5.88. The third-order valence-corrected chi connectivity index (χ3v) is 3.10. The predicted octanol–water partition coefficient (Wildman–Crippen LogP) is 3.75. The SMILES string of the molecule is COc1ccc(OC)c(-c2noc(Cl)c2CCl)c1. The summed E-state index contributed by atoms with van der Waals surface area (Å²) in [7, 11) is 3.16. The van der Waals surface area contributed by atoms with Crippen molar-refractivity contribution < 1.29 is 14.0 Å². The maximum atomic E-state index is 5.88. The Balaban J connectivity index is 2.60. The molecule has 0 amide bonds. The van der Waals surface area contributed by atoms with Crippen LogP contribution in [0.15, 0.2) is 22.7 Å². The quantitative estimate of drug-likeness (QED) is 0.804. The van der Waals surface area contributed by atoms with E-state index in [2.05, 4.69) is 5.16 Å². The van der Waals surface area contributed by atoms with Crippen molar-refractivity contribution in [3.8, 4) is 22.8 Å². The van der Waals surface area contributed by atoms with Crippen LogP contribution < -0.4 is 9.47 Å². The lowest BCUT2D eigenvalue weighted by molar-refractivity contribution is 0.402. The molecular weight excluding hydrogens is 277 g/mol. The fourth-order valence-electron chi connectivity index (χ4n) is 1.62. The van der Waals surface area contributed by atoms with E-state index < -0.39 is 0 Å². The zero-order chi connectivity index (χ0) is 13.1. The van der Waals surface area contributed by atoms with Crippen molar-refractivity contribution in [2.24, 2.45) is 0 Å². The second-order valence-corrected chi connectivity index (χ2v) is 4.09. The summed E-state index contributed by atoms with van der Waals surface area (Å²) in [5, 5.41) is 4.10. The summed E-state index contributed by atoms with van der Waals surface area (Å²) in [4.78, 5) is 0. The molecule has 0 N–H and O–H groups in total. The van der Waals surface area contributed by atoms with Crippen LogP contribution in [0.4, 0.5) is 0 Å². The van der Waals surface area contributed by atoms with Crippen LogP contribution in [-0.2, 0) is 5.88 Å². The summed E-state index contributed by atoms with van der Waals surface area (Å²) in [5.74, 6) is 1.54. The van der Waals surface area contributed by atoms with Crippen LogP contribution in [0.2, 0.25) is 5.22 Å². The number of aromatic nitrogens is 1. The molecule has 0 bridgehead atoms. The first-order valence-electron chi connectivity index (χ1n) is 5.13. The first-order valence-corrected chi connectivity index (χ1v) is 6.05. The molecule has 0 aliphatic heterocycles. The number of nitrogens with zero attached hydrogens (tertiary/aromatic N) is 1. The van der Waals surface area contributed by atoms with Gasteiger partial charge in [-0.3, -0.25) is 0 Å². The Morgan fingerprint density at radius 3 is 2.67 bits per heavy atom. The first kappa shape index (κ1) is 13.1. The van der Waals surface area contributed by atoms with E-state index in [1.54, 1.807) is 32.4 Å². The number of hydrogen-bond acceptors (Lipinski definition) is 4. The van der Waals surface area contributed by atoms with Crippen LogP contribution in [0.5, 0.6) is 11.5 Å². The topological polar surface area (TPSA) is 44.5 Å². The minimum Gasteiger partial charge on any atom is -0.497 e. The van der Waals surface area contributed by atoms with Gasteiger partial charge in [-0.1, -0.05) is 5.16 Å². The molecule has 2 rings (SSSR count). The van der Waals surface area contributed by atoms with Crippen molar-refractivity contribution in [2.45, 2.75) is 5.88 Å². The largest absolute Gasteiger partial charge is 0.497 e. The minimum atomic E-state index is 0.185. The number of halogens is 2. The number of methoxy groups -OCH3 is 2. The summed E-state index contributed by atoms with van der Waals surface area (Å²) < 4.78 is 15.4. The number of rotatable bonds is 4. The third-order valence-electron chi connectivity index (χ3n) is 2.54. The second kappa shape index (κ2) is 5.50. The molecule has 4 nitrogen and oxygen atoms in total. The monoisotopic (exact) mass is 287 g/mol. The van der Waals surface area contributed by atoms with Crippen molar-refractivity contribution in [1.82, 2.24) is 5.16 Å². The average Bonchev–Trinajstić information content (AvgIpc) is 2.78. The first-order chi connectivity index (χ1) is 8.71. The van der Waals surface area contributed by atoms with Crippen molar-refractivity contribution >= 4 is 23.2 Å². The molecule has 0 aliphatic carbocycles. The molecule has 1 heterocycles. The molecule has 18 heavy (non-hydrogen) atoms. The average molecular weight is 288 g/mol. The molecule has 1 aromatic carbocycles. The zero-order valence-electron chi connectivity index (χ0n) is 9.87. The molecule has 2 aromatic rings. The summed E-state index contributed by atoms with van der Waals surface area (Å²) in [6.07, 6.45) is 0. The fourth-order valence-corrected chi connectivity index (χ4v) is 2.12. The van der Waals surface area contributed by atoms with Gasteiger partial charge in [-0.05, 0) is 29.8 Å². The molecule has 0 fully saturated rings. The molecule has 0 unspecified atom stereocenters. The van der Waals surface area contributed by atoms with Gasteiger partial charge >= 0.3 is 0 Å². The lowest BCUT2D eigenvalue weighted by Gasteiger charge is -2.09. The zero-order valence-corrected chi connectivity index (χ0v) is 11.4. The van der Waals surface area contributed by atoms with Gasteiger partial charge in [-0.25, -0.2) is 0 Å². The molecule has 1 aromatic heterocycles. The highest BCUT2D eigenvalue weighted by Gasteiger charge is 2.19. The van der Waals surface area contributed by atoms with Gasteiger partial charge in [-0.15, -0.1) is 11.6 Å². The van der Waals surface area contributed by atoms with E-state index in [1.807, 2.05) is 0 Å². The Hall–Kier alpha value is -1.39. The minimum absolute atomic E-state index is 0.185. The molecule has 0 radical (unpaired) electrons. The van der Waals surface area contributed by atoms with Crippen LogP contribution >= 0.6 is 23.2 Å². The molecule has 0 saturated heterocycles. The van der Waals surface area contributed by atoms with Crippen molar-refractivity contribution in [3.63, 3.8) is 0 Å². The fraction of sp³-hybridized carbons (Fsp3) is 0.250. The summed E-state index contributed by atoms with van der Waals surface area (Å²) in [6.45, 7) is 0. The van der Waals surface area contributed by atoms with Crippen molar-refractivity contribution in [1.29, 1.82) is 0 Å². The van der Waals surface area contributed by atoms with E-state index in [-0.39, 0.29) is 11.1 Å². The van der Waals surface area contributed by atoms with Gasteiger partial charge in [0.15, 0.2) is 0 Å². The van der Waals surface area contributed by atoms with Crippen molar-refractivity contribution in [3.05, 3.63) is 29.0 Å². The van der Waals surface area contributed by atoms with E-state index in [0.29, 0.717) is 22.8 Å². The van der Waals surface area contributed by atoms with E-state index in [9.17, 15) is 0 Å². The maximum Gasteiger partial charge on any atom is 0.231 e. The normalized spacial score (nSPS) is 10.4. The summed E-state index contributed by atoms with van der Waals surface area (Å²) in [6, 6.07) is 5.38. The van der Waals surface area contributed by atoms with E-state index in [1.165, 1.54) is 0 Å². The standard InChI is InChI=1S/C12H11Cl2NO3/c1-16-7-3-4-10(17-2)8(5-7)11-9(6-13)12(14)18-15-11/h3-5H,6H2,1-2H3. The molecule has 0 atom stereocenters. The van der Waals surface area contributed by atoms with Crippen LogP contribution in [-0.4, -0.2) is 19.4 Å². The van der Waals surface area contributed by atoms with Crippen LogP contribution in [0.3, 0.4) is 0 Å². The lowest BCUT2D eigenvalue weighted by Crippen LogP contribution is -1.92. The summed E-state index contributed by atoms with van der Waals surface area (Å²) >= 11 is 11.7. The van der Waals surface area contributed by atoms with Gasteiger partial charge in [0.1, 0.15) is 17.2 Å². The number of ether oxygens (including phenoxy) is 2. The highest BCUT2D eigenvalue weighted by molar-refractivity contribution is 6.31. The molecule has 6 heteroatoms. The Morgan fingerprint density at radius 2 is 2.06 bits per heavy atom. The van der Waals surface area contributed by atoms with E-state index in [4.69, 9.17) is 37.2 Å². The van der Waals surface area contributed by atoms with Gasteiger partial charge in [-0.2, -0.15) is 0 Å². The highest BCUT2D eigenvalue weighted by atomic mass is 35.5.